The number of ether oxygens (including phenoxy) is 1. The number of hydrogen-bond donors (Lipinski definition) is 1. The SMILES string of the molecule is COCC1CCCN(c2ccc(CC(C)N)cc2)C1. The normalized spacial score (nSPS) is 21.4. The average Bonchev–Trinajstić information content (AvgIpc) is 2.40. The molecule has 106 valence electrons. The summed E-state index contributed by atoms with van der Waals surface area (Å²) in [5, 5.41) is 0. The van der Waals surface area contributed by atoms with Crippen LogP contribution in [0.3, 0.4) is 0 Å². The molecule has 0 radical (unpaired) electrons. The molecule has 1 saturated heterocycles. The van der Waals surface area contributed by atoms with Crippen molar-refractivity contribution in [3.05, 3.63) is 29.8 Å². The maximum absolute atomic E-state index is 5.83. The molecular weight excluding hydrogens is 236 g/mol. The Labute approximate surface area is 116 Å². The van der Waals surface area contributed by atoms with E-state index < -0.39 is 0 Å². The third-order valence-corrected chi connectivity index (χ3v) is 3.78. The predicted molar refractivity (Wildman–Crippen MR) is 80.6 cm³/mol. The van der Waals surface area contributed by atoms with E-state index in [0.29, 0.717) is 5.92 Å². The second kappa shape index (κ2) is 6.92. The van der Waals surface area contributed by atoms with Gasteiger partial charge >= 0.3 is 0 Å². The van der Waals surface area contributed by atoms with Gasteiger partial charge < -0.3 is 15.4 Å². The Kier molecular flexibility index (Phi) is 5.23. The molecule has 3 nitrogen and oxygen atoms in total. The fourth-order valence-corrected chi connectivity index (χ4v) is 2.89. The summed E-state index contributed by atoms with van der Waals surface area (Å²) in [6.07, 6.45) is 3.50. The van der Waals surface area contributed by atoms with Crippen molar-refractivity contribution < 1.29 is 4.74 Å². The first kappa shape index (κ1) is 14.4. The second-order valence-corrected chi connectivity index (χ2v) is 5.76. The molecule has 1 heterocycles. The van der Waals surface area contributed by atoms with E-state index in [4.69, 9.17) is 10.5 Å². The fraction of sp³-hybridized carbons (Fsp3) is 0.625. The Morgan fingerprint density at radius 3 is 2.74 bits per heavy atom. The van der Waals surface area contributed by atoms with Gasteiger partial charge in [0.2, 0.25) is 0 Å². The summed E-state index contributed by atoms with van der Waals surface area (Å²) in [5.41, 5.74) is 8.48. The number of piperidine rings is 1. The van der Waals surface area contributed by atoms with Crippen LogP contribution in [0.2, 0.25) is 0 Å². The van der Waals surface area contributed by atoms with Gasteiger partial charge in [0.15, 0.2) is 0 Å². The minimum absolute atomic E-state index is 0.229. The molecule has 0 aromatic heterocycles. The summed E-state index contributed by atoms with van der Waals surface area (Å²) < 4.78 is 5.29. The Morgan fingerprint density at radius 1 is 1.37 bits per heavy atom. The van der Waals surface area contributed by atoms with Crippen LogP contribution in [0.25, 0.3) is 0 Å². The monoisotopic (exact) mass is 262 g/mol. The highest BCUT2D eigenvalue weighted by atomic mass is 16.5. The van der Waals surface area contributed by atoms with E-state index in [1.807, 2.05) is 6.92 Å². The summed E-state index contributed by atoms with van der Waals surface area (Å²) >= 11 is 0. The lowest BCUT2D eigenvalue weighted by molar-refractivity contribution is 0.143. The number of nitrogens with zero attached hydrogens (tertiary/aromatic N) is 1. The molecule has 0 spiro atoms. The lowest BCUT2D eigenvalue weighted by Gasteiger charge is -2.34. The first-order chi connectivity index (χ1) is 9.19. The number of hydrogen-bond acceptors (Lipinski definition) is 3. The van der Waals surface area contributed by atoms with Crippen molar-refractivity contribution in [1.29, 1.82) is 0 Å². The van der Waals surface area contributed by atoms with Gasteiger partial charge in [0.25, 0.3) is 0 Å². The van der Waals surface area contributed by atoms with Crippen molar-refractivity contribution in [3.8, 4) is 0 Å². The molecule has 2 rings (SSSR count). The molecule has 0 bridgehead atoms. The van der Waals surface area contributed by atoms with Gasteiger partial charge in [-0.2, -0.15) is 0 Å². The summed E-state index contributed by atoms with van der Waals surface area (Å²) in [6.45, 7) is 5.19. The first-order valence-corrected chi connectivity index (χ1v) is 7.27. The van der Waals surface area contributed by atoms with E-state index >= 15 is 0 Å². The first-order valence-electron chi connectivity index (χ1n) is 7.27. The van der Waals surface area contributed by atoms with Crippen LogP contribution in [0, 0.1) is 5.92 Å². The zero-order chi connectivity index (χ0) is 13.7. The number of rotatable bonds is 5. The van der Waals surface area contributed by atoms with Crippen LogP contribution in [0.4, 0.5) is 5.69 Å². The molecule has 1 aliphatic rings. The quantitative estimate of drug-likeness (QED) is 0.886. The molecule has 2 N–H and O–H groups in total. The van der Waals surface area contributed by atoms with Crippen LogP contribution in [0.5, 0.6) is 0 Å². The smallest absolute Gasteiger partial charge is 0.0507 e. The van der Waals surface area contributed by atoms with Crippen LogP contribution in [-0.2, 0) is 11.2 Å². The number of nitrogens with two attached hydrogens (primary N) is 1. The third kappa shape index (κ3) is 4.22. The van der Waals surface area contributed by atoms with Crippen molar-refractivity contribution in [1.82, 2.24) is 0 Å². The number of methoxy groups -OCH3 is 1. The van der Waals surface area contributed by atoms with E-state index in [2.05, 4.69) is 29.2 Å². The van der Waals surface area contributed by atoms with E-state index in [1.165, 1.54) is 24.1 Å². The molecule has 0 saturated carbocycles. The van der Waals surface area contributed by atoms with Gasteiger partial charge in [0.05, 0.1) is 6.61 Å². The molecule has 0 amide bonds. The molecular formula is C16H26N2O. The van der Waals surface area contributed by atoms with Crippen LogP contribution >= 0.6 is 0 Å². The van der Waals surface area contributed by atoms with Gasteiger partial charge in [-0.15, -0.1) is 0 Å². The number of benzene rings is 1. The Morgan fingerprint density at radius 2 is 2.11 bits per heavy atom. The molecule has 0 aliphatic carbocycles. The van der Waals surface area contributed by atoms with Crippen LogP contribution < -0.4 is 10.6 Å². The largest absolute Gasteiger partial charge is 0.384 e. The van der Waals surface area contributed by atoms with Gasteiger partial charge in [0, 0.05) is 31.9 Å². The highest BCUT2D eigenvalue weighted by molar-refractivity contribution is 5.48. The second-order valence-electron chi connectivity index (χ2n) is 5.76. The van der Waals surface area contributed by atoms with E-state index in [-0.39, 0.29) is 6.04 Å². The van der Waals surface area contributed by atoms with E-state index in [9.17, 15) is 0 Å². The van der Waals surface area contributed by atoms with Crippen molar-refractivity contribution in [2.75, 3.05) is 31.7 Å². The molecule has 1 fully saturated rings. The zero-order valence-corrected chi connectivity index (χ0v) is 12.1. The van der Waals surface area contributed by atoms with Crippen molar-refractivity contribution >= 4 is 5.69 Å². The third-order valence-electron chi connectivity index (χ3n) is 3.78. The highest BCUT2D eigenvalue weighted by Gasteiger charge is 2.19. The highest BCUT2D eigenvalue weighted by Crippen LogP contribution is 2.23. The zero-order valence-electron chi connectivity index (χ0n) is 12.1. The van der Waals surface area contributed by atoms with Crippen molar-refractivity contribution in [2.45, 2.75) is 32.2 Å². The standard InChI is InChI=1S/C16H26N2O/c1-13(17)10-14-5-7-16(8-6-14)18-9-3-4-15(11-18)12-19-2/h5-8,13,15H,3-4,9-12,17H2,1-2H3. The number of anilines is 1. The van der Waals surface area contributed by atoms with E-state index in [1.54, 1.807) is 7.11 Å². The molecule has 1 aliphatic heterocycles. The molecule has 2 atom stereocenters. The molecule has 19 heavy (non-hydrogen) atoms. The summed E-state index contributed by atoms with van der Waals surface area (Å²) in [7, 11) is 1.79. The summed E-state index contributed by atoms with van der Waals surface area (Å²) in [6, 6.07) is 9.10. The molecule has 1 aromatic rings. The summed E-state index contributed by atoms with van der Waals surface area (Å²) in [4.78, 5) is 2.48. The minimum Gasteiger partial charge on any atom is -0.384 e. The van der Waals surface area contributed by atoms with Gasteiger partial charge in [-0.25, -0.2) is 0 Å². The van der Waals surface area contributed by atoms with Crippen LogP contribution in [0.15, 0.2) is 24.3 Å². The molecule has 1 aromatic carbocycles. The van der Waals surface area contributed by atoms with Gasteiger partial charge in [-0.3, -0.25) is 0 Å². The Balaban J connectivity index is 1.97. The van der Waals surface area contributed by atoms with Gasteiger partial charge in [0.1, 0.15) is 0 Å². The molecule has 3 heteroatoms. The minimum atomic E-state index is 0.229. The van der Waals surface area contributed by atoms with E-state index in [0.717, 1.165) is 26.1 Å². The van der Waals surface area contributed by atoms with Gasteiger partial charge in [-0.1, -0.05) is 12.1 Å². The predicted octanol–water partition coefficient (Wildman–Crippen LogP) is 2.44. The topological polar surface area (TPSA) is 38.5 Å². The fourth-order valence-electron chi connectivity index (χ4n) is 2.89. The Hall–Kier alpha value is -1.06. The average molecular weight is 262 g/mol. The van der Waals surface area contributed by atoms with Crippen molar-refractivity contribution in [2.24, 2.45) is 11.7 Å². The maximum Gasteiger partial charge on any atom is 0.0507 e. The molecule has 2 unspecified atom stereocenters. The summed E-state index contributed by atoms with van der Waals surface area (Å²) in [5.74, 6) is 0.669. The lowest BCUT2D eigenvalue weighted by atomic mass is 9.98. The maximum atomic E-state index is 5.83. The van der Waals surface area contributed by atoms with Gasteiger partial charge in [-0.05, 0) is 49.8 Å². The van der Waals surface area contributed by atoms with Crippen molar-refractivity contribution in [3.63, 3.8) is 0 Å². The Bertz CT molecular complexity index is 373. The lowest BCUT2D eigenvalue weighted by Crippen LogP contribution is -2.37. The van der Waals surface area contributed by atoms with Crippen LogP contribution in [0.1, 0.15) is 25.3 Å². The van der Waals surface area contributed by atoms with Crippen LogP contribution in [-0.4, -0.2) is 32.8 Å².